The molecule has 0 N–H and O–H groups in total. The standard InChI is InChI=1S/C16H20O6/c1-16(15(18)22-5)7-6-9-10(14(16)17)8-11(19-2)13(21-4)12(9)20-3/h8H,6-7H2,1-5H3. The first kappa shape index (κ1) is 16.1. The summed E-state index contributed by atoms with van der Waals surface area (Å²) >= 11 is 0. The summed E-state index contributed by atoms with van der Waals surface area (Å²) in [5, 5.41) is 0. The van der Waals surface area contributed by atoms with Crippen molar-refractivity contribution in [2.24, 2.45) is 5.41 Å². The van der Waals surface area contributed by atoms with E-state index in [1.807, 2.05) is 0 Å². The first-order valence-corrected chi connectivity index (χ1v) is 6.89. The maximum Gasteiger partial charge on any atom is 0.319 e. The Hall–Kier alpha value is -2.24. The highest BCUT2D eigenvalue weighted by atomic mass is 16.5. The van der Waals surface area contributed by atoms with Gasteiger partial charge in [0.15, 0.2) is 17.3 Å². The van der Waals surface area contributed by atoms with Gasteiger partial charge in [-0.25, -0.2) is 0 Å². The van der Waals surface area contributed by atoms with Crippen molar-refractivity contribution in [2.75, 3.05) is 28.4 Å². The van der Waals surface area contributed by atoms with Crippen LogP contribution in [0.1, 0.15) is 29.3 Å². The molecule has 22 heavy (non-hydrogen) atoms. The van der Waals surface area contributed by atoms with Gasteiger partial charge < -0.3 is 18.9 Å². The Balaban J connectivity index is 2.66. The van der Waals surface area contributed by atoms with Gasteiger partial charge in [0.05, 0.1) is 28.4 Å². The lowest BCUT2D eigenvalue weighted by Crippen LogP contribution is -2.41. The van der Waals surface area contributed by atoms with Crippen molar-refractivity contribution in [3.63, 3.8) is 0 Å². The number of esters is 1. The van der Waals surface area contributed by atoms with E-state index < -0.39 is 11.4 Å². The minimum absolute atomic E-state index is 0.292. The highest BCUT2D eigenvalue weighted by Crippen LogP contribution is 2.47. The van der Waals surface area contributed by atoms with E-state index in [-0.39, 0.29) is 5.78 Å². The highest BCUT2D eigenvalue weighted by molar-refractivity contribution is 6.14. The molecule has 2 rings (SSSR count). The molecule has 0 radical (unpaired) electrons. The van der Waals surface area contributed by atoms with E-state index in [4.69, 9.17) is 18.9 Å². The first-order valence-electron chi connectivity index (χ1n) is 6.89. The number of benzene rings is 1. The predicted molar refractivity (Wildman–Crippen MR) is 78.9 cm³/mol. The van der Waals surface area contributed by atoms with E-state index in [0.717, 1.165) is 5.56 Å². The molecule has 0 saturated carbocycles. The third-order valence-electron chi connectivity index (χ3n) is 4.19. The number of hydrogen-bond acceptors (Lipinski definition) is 6. The number of methoxy groups -OCH3 is 4. The highest BCUT2D eigenvalue weighted by Gasteiger charge is 2.47. The summed E-state index contributed by atoms with van der Waals surface area (Å²) < 4.78 is 20.8. The number of ketones is 1. The van der Waals surface area contributed by atoms with E-state index in [2.05, 4.69) is 0 Å². The van der Waals surface area contributed by atoms with Gasteiger partial charge in [-0.05, 0) is 25.8 Å². The molecule has 1 aromatic rings. The van der Waals surface area contributed by atoms with Crippen molar-refractivity contribution >= 4 is 11.8 Å². The molecule has 0 amide bonds. The van der Waals surface area contributed by atoms with Gasteiger partial charge in [-0.1, -0.05) is 0 Å². The van der Waals surface area contributed by atoms with Crippen LogP contribution in [0.3, 0.4) is 0 Å². The second-order valence-corrected chi connectivity index (χ2v) is 5.32. The van der Waals surface area contributed by atoms with Crippen LogP contribution in [0, 0.1) is 5.41 Å². The summed E-state index contributed by atoms with van der Waals surface area (Å²) in [6.07, 6.45) is 0.869. The average molecular weight is 308 g/mol. The number of fused-ring (bicyclic) bond motifs is 1. The lowest BCUT2D eigenvalue weighted by Gasteiger charge is -2.32. The Labute approximate surface area is 129 Å². The molecule has 120 valence electrons. The van der Waals surface area contributed by atoms with Gasteiger partial charge in [0.25, 0.3) is 0 Å². The number of carbonyl (C=O) groups excluding carboxylic acids is 2. The van der Waals surface area contributed by atoms with Crippen LogP contribution in [0.15, 0.2) is 6.07 Å². The van der Waals surface area contributed by atoms with Crippen LogP contribution in [0.25, 0.3) is 0 Å². The number of rotatable bonds is 4. The molecule has 0 spiro atoms. The lowest BCUT2D eigenvalue weighted by atomic mass is 9.71. The second kappa shape index (κ2) is 5.87. The van der Waals surface area contributed by atoms with Crippen LogP contribution in [-0.2, 0) is 16.0 Å². The van der Waals surface area contributed by atoms with Gasteiger partial charge in [0.2, 0.25) is 5.75 Å². The smallest absolute Gasteiger partial charge is 0.319 e. The summed E-state index contributed by atoms with van der Waals surface area (Å²) in [6, 6.07) is 1.60. The molecule has 1 unspecified atom stereocenters. The largest absolute Gasteiger partial charge is 0.493 e. The van der Waals surface area contributed by atoms with E-state index in [9.17, 15) is 9.59 Å². The fourth-order valence-corrected chi connectivity index (χ4v) is 2.87. The van der Waals surface area contributed by atoms with E-state index >= 15 is 0 Å². The number of carbonyl (C=O) groups is 2. The Morgan fingerprint density at radius 3 is 2.23 bits per heavy atom. The molecule has 0 heterocycles. The third kappa shape index (κ3) is 2.19. The maximum atomic E-state index is 12.8. The zero-order valence-corrected chi connectivity index (χ0v) is 13.4. The molecule has 0 bridgehead atoms. The molecule has 1 aromatic carbocycles. The van der Waals surface area contributed by atoms with Crippen molar-refractivity contribution in [3.8, 4) is 17.2 Å². The van der Waals surface area contributed by atoms with Gasteiger partial charge in [0.1, 0.15) is 5.41 Å². The summed E-state index contributed by atoms with van der Waals surface area (Å²) in [7, 11) is 5.79. The van der Waals surface area contributed by atoms with Crippen LogP contribution in [0.2, 0.25) is 0 Å². The number of Topliss-reactive ketones (excluding diaryl/α,β-unsaturated/α-hetero) is 1. The van der Waals surface area contributed by atoms with Crippen LogP contribution >= 0.6 is 0 Å². The molecule has 0 aromatic heterocycles. The van der Waals surface area contributed by atoms with E-state index in [1.165, 1.54) is 28.4 Å². The minimum atomic E-state index is -1.19. The van der Waals surface area contributed by atoms with Crippen LogP contribution < -0.4 is 14.2 Å². The molecule has 0 aliphatic heterocycles. The quantitative estimate of drug-likeness (QED) is 0.626. The zero-order chi connectivity index (χ0) is 16.5. The Bertz CT molecular complexity index is 622. The van der Waals surface area contributed by atoms with Crippen molar-refractivity contribution in [2.45, 2.75) is 19.8 Å². The molecular formula is C16H20O6. The van der Waals surface area contributed by atoms with E-state index in [1.54, 1.807) is 13.0 Å². The van der Waals surface area contributed by atoms with Crippen molar-refractivity contribution < 1.29 is 28.5 Å². The average Bonchev–Trinajstić information content (AvgIpc) is 2.55. The maximum absolute atomic E-state index is 12.8. The minimum Gasteiger partial charge on any atom is -0.493 e. The molecule has 1 atom stereocenters. The molecule has 0 saturated heterocycles. The van der Waals surface area contributed by atoms with Crippen molar-refractivity contribution in [1.29, 1.82) is 0 Å². The fourth-order valence-electron chi connectivity index (χ4n) is 2.87. The fraction of sp³-hybridized carbons (Fsp3) is 0.500. The summed E-state index contributed by atoms with van der Waals surface area (Å²) in [5.41, 5.74) is -0.0491. The van der Waals surface area contributed by atoms with Gasteiger partial charge in [-0.3, -0.25) is 9.59 Å². The van der Waals surface area contributed by atoms with Crippen LogP contribution in [0.4, 0.5) is 0 Å². The summed E-state index contributed by atoms with van der Waals surface area (Å²) in [5.74, 6) is 0.479. The van der Waals surface area contributed by atoms with Crippen molar-refractivity contribution in [1.82, 2.24) is 0 Å². The van der Waals surface area contributed by atoms with Gasteiger partial charge in [-0.2, -0.15) is 0 Å². The Morgan fingerprint density at radius 2 is 1.73 bits per heavy atom. The van der Waals surface area contributed by atoms with Crippen LogP contribution in [-0.4, -0.2) is 40.2 Å². The van der Waals surface area contributed by atoms with Crippen molar-refractivity contribution in [3.05, 3.63) is 17.2 Å². The SMILES string of the molecule is COC(=O)C1(C)CCc2c(cc(OC)c(OC)c2OC)C1=O. The predicted octanol–water partition coefficient (Wildman–Crippen LogP) is 2.02. The topological polar surface area (TPSA) is 71.1 Å². The molecular weight excluding hydrogens is 288 g/mol. The first-order chi connectivity index (χ1) is 10.4. The zero-order valence-electron chi connectivity index (χ0n) is 13.4. The number of hydrogen-bond donors (Lipinski definition) is 0. The molecule has 1 aliphatic rings. The molecule has 6 nitrogen and oxygen atoms in total. The normalized spacial score (nSPS) is 20.1. The summed E-state index contributed by atoms with van der Waals surface area (Å²) in [6.45, 7) is 1.60. The Kier molecular flexibility index (Phi) is 4.30. The van der Waals surface area contributed by atoms with Gasteiger partial charge >= 0.3 is 5.97 Å². The molecule has 6 heteroatoms. The second-order valence-electron chi connectivity index (χ2n) is 5.32. The van der Waals surface area contributed by atoms with Crippen LogP contribution in [0.5, 0.6) is 17.2 Å². The van der Waals surface area contributed by atoms with Gasteiger partial charge in [0, 0.05) is 11.1 Å². The summed E-state index contributed by atoms with van der Waals surface area (Å²) in [4.78, 5) is 24.8. The number of ether oxygens (including phenoxy) is 4. The lowest BCUT2D eigenvalue weighted by molar-refractivity contribution is -0.149. The third-order valence-corrected chi connectivity index (χ3v) is 4.19. The van der Waals surface area contributed by atoms with E-state index in [0.29, 0.717) is 35.7 Å². The monoisotopic (exact) mass is 308 g/mol. The van der Waals surface area contributed by atoms with Gasteiger partial charge in [-0.15, -0.1) is 0 Å². The molecule has 0 fully saturated rings. The molecule has 1 aliphatic carbocycles. The Morgan fingerprint density at radius 1 is 1.09 bits per heavy atom.